The Morgan fingerprint density at radius 3 is 2.62 bits per heavy atom. The fourth-order valence-electron chi connectivity index (χ4n) is 1.80. The zero-order valence-corrected chi connectivity index (χ0v) is 13.0. The second-order valence-electron chi connectivity index (χ2n) is 4.17. The molecule has 0 spiro atoms. The van der Waals surface area contributed by atoms with E-state index in [-0.39, 0.29) is 22.8 Å². The molecule has 2 rings (SSSR count). The molecule has 2 aromatic carbocycles. The second-order valence-corrected chi connectivity index (χ2v) is 5.43. The number of nitrogens with one attached hydrogen (secondary N) is 1. The lowest BCUT2D eigenvalue weighted by Gasteiger charge is -2.08. The van der Waals surface area contributed by atoms with Crippen LogP contribution >= 0.6 is 27.5 Å². The molecule has 0 heterocycles. The van der Waals surface area contributed by atoms with Gasteiger partial charge in [0, 0.05) is 17.1 Å². The van der Waals surface area contributed by atoms with Crippen LogP contribution in [0.25, 0.3) is 0 Å². The molecule has 2 aromatic rings. The van der Waals surface area contributed by atoms with Gasteiger partial charge in [0.2, 0.25) is 0 Å². The van der Waals surface area contributed by atoms with Crippen LogP contribution in [-0.2, 0) is 6.54 Å². The van der Waals surface area contributed by atoms with Gasteiger partial charge in [0.1, 0.15) is 5.56 Å². The monoisotopic (exact) mass is 368 g/mol. The van der Waals surface area contributed by atoms with Crippen molar-refractivity contribution in [3.05, 3.63) is 73.2 Å². The summed E-state index contributed by atoms with van der Waals surface area (Å²) < 4.78 is 0.846. The summed E-state index contributed by atoms with van der Waals surface area (Å²) in [5, 5.41) is 13.7. The van der Waals surface area contributed by atoms with Crippen molar-refractivity contribution in [3.8, 4) is 0 Å². The Bertz CT molecular complexity index is 706. The van der Waals surface area contributed by atoms with E-state index in [1.54, 1.807) is 0 Å². The Labute approximate surface area is 134 Å². The third-order valence-electron chi connectivity index (χ3n) is 2.81. The van der Waals surface area contributed by atoms with E-state index in [0.717, 1.165) is 10.0 Å². The average molecular weight is 370 g/mol. The molecule has 5 nitrogen and oxygen atoms in total. The molecule has 1 N–H and O–H groups in total. The van der Waals surface area contributed by atoms with Crippen LogP contribution in [0.4, 0.5) is 5.69 Å². The van der Waals surface area contributed by atoms with Crippen LogP contribution < -0.4 is 5.32 Å². The molecule has 0 radical (unpaired) electrons. The lowest BCUT2D eigenvalue weighted by molar-refractivity contribution is -0.385. The molecule has 0 atom stereocenters. The van der Waals surface area contributed by atoms with Crippen LogP contribution in [0.1, 0.15) is 15.9 Å². The fraction of sp³-hybridized carbons (Fsp3) is 0.0714. The summed E-state index contributed by atoms with van der Waals surface area (Å²) >= 11 is 9.28. The first-order chi connectivity index (χ1) is 10.0. The maximum absolute atomic E-state index is 12.2. The number of nitrogens with zero attached hydrogens (tertiary/aromatic N) is 1. The Hall–Kier alpha value is -1.92. The molecule has 21 heavy (non-hydrogen) atoms. The molecular formula is C14H10BrClN2O3. The molecule has 0 aliphatic rings. The number of nitro benzene ring substituents is 1. The molecular weight excluding hydrogens is 360 g/mol. The van der Waals surface area contributed by atoms with Crippen molar-refractivity contribution in [1.82, 2.24) is 5.32 Å². The first kappa shape index (κ1) is 15.5. The van der Waals surface area contributed by atoms with E-state index in [4.69, 9.17) is 11.6 Å². The van der Waals surface area contributed by atoms with Crippen molar-refractivity contribution in [1.29, 1.82) is 0 Å². The first-order valence-corrected chi connectivity index (χ1v) is 7.12. The predicted molar refractivity (Wildman–Crippen MR) is 83.4 cm³/mol. The predicted octanol–water partition coefficient (Wildman–Crippen LogP) is 3.94. The highest BCUT2D eigenvalue weighted by Gasteiger charge is 2.23. The van der Waals surface area contributed by atoms with Crippen molar-refractivity contribution in [2.45, 2.75) is 6.54 Å². The van der Waals surface area contributed by atoms with E-state index < -0.39 is 10.8 Å². The van der Waals surface area contributed by atoms with Gasteiger partial charge in [0.15, 0.2) is 0 Å². The van der Waals surface area contributed by atoms with Crippen LogP contribution in [-0.4, -0.2) is 10.8 Å². The SMILES string of the molecule is O=C(NCc1ccccc1Br)c1c(Cl)cccc1[N+](=O)[O-]. The molecule has 0 saturated carbocycles. The Balaban J connectivity index is 2.22. The highest BCUT2D eigenvalue weighted by atomic mass is 79.9. The number of amides is 1. The lowest BCUT2D eigenvalue weighted by atomic mass is 10.1. The van der Waals surface area contributed by atoms with E-state index in [1.807, 2.05) is 24.3 Å². The van der Waals surface area contributed by atoms with Crippen molar-refractivity contribution >= 4 is 39.1 Å². The molecule has 0 aromatic heterocycles. The Kier molecular flexibility index (Phi) is 4.93. The molecule has 0 saturated heterocycles. The van der Waals surface area contributed by atoms with Crippen LogP contribution in [0.15, 0.2) is 46.9 Å². The van der Waals surface area contributed by atoms with Gasteiger partial charge in [-0.25, -0.2) is 0 Å². The minimum Gasteiger partial charge on any atom is -0.348 e. The molecule has 1 amide bonds. The van der Waals surface area contributed by atoms with Crippen molar-refractivity contribution in [2.75, 3.05) is 0 Å². The normalized spacial score (nSPS) is 10.2. The third kappa shape index (κ3) is 3.59. The summed E-state index contributed by atoms with van der Waals surface area (Å²) in [7, 11) is 0. The van der Waals surface area contributed by atoms with Gasteiger partial charge in [0.05, 0.1) is 9.95 Å². The molecule has 0 aliphatic carbocycles. The topological polar surface area (TPSA) is 72.2 Å². The van der Waals surface area contributed by atoms with E-state index in [1.165, 1.54) is 18.2 Å². The molecule has 7 heteroatoms. The molecule has 0 bridgehead atoms. The van der Waals surface area contributed by atoms with E-state index >= 15 is 0 Å². The molecule has 0 unspecified atom stereocenters. The quantitative estimate of drug-likeness (QED) is 0.655. The molecule has 0 aliphatic heterocycles. The smallest absolute Gasteiger partial charge is 0.283 e. The van der Waals surface area contributed by atoms with Crippen LogP contribution in [0, 0.1) is 10.1 Å². The van der Waals surface area contributed by atoms with Gasteiger partial charge in [-0.2, -0.15) is 0 Å². The average Bonchev–Trinajstić information content (AvgIpc) is 2.45. The van der Waals surface area contributed by atoms with E-state index in [2.05, 4.69) is 21.2 Å². The van der Waals surface area contributed by atoms with Gasteiger partial charge in [-0.05, 0) is 17.7 Å². The maximum Gasteiger partial charge on any atom is 0.283 e. The Morgan fingerprint density at radius 2 is 1.95 bits per heavy atom. The first-order valence-electron chi connectivity index (χ1n) is 5.95. The van der Waals surface area contributed by atoms with Crippen LogP contribution in [0.2, 0.25) is 5.02 Å². The van der Waals surface area contributed by atoms with Gasteiger partial charge < -0.3 is 5.32 Å². The molecule has 0 fully saturated rings. The maximum atomic E-state index is 12.2. The highest BCUT2D eigenvalue weighted by molar-refractivity contribution is 9.10. The molecule has 108 valence electrons. The number of nitro groups is 1. The van der Waals surface area contributed by atoms with E-state index in [0.29, 0.717) is 0 Å². The second kappa shape index (κ2) is 6.69. The van der Waals surface area contributed by atoms with Gasteiger partial charge in [-0.3, -0.25) is 14.9 Å². The standard InChI is InChI=1S/C14H10BrClN2O3/c15-10-5-2-1-4-9(10)8-17-14(19)13-11(16)6-3-7-12(13)18(20)21/h1-7H,8H2,(H,17,19). The number of carbonyl (C=O) groups excluding carboxylic acids is 1. The third-order valence-corrected chi connectivity index (χ3v) is 3.90. The summed E-state index contributed by atoms with van der Waals surface area (Å²) in [5.74, 6) is -0.581. The summed E-state index contributed by atoms with van der Waals surface area (Å²) in [5.41, 5.74) is 0.420. The highest BCUT2D eigenvalue weighted by Crippen LogP contribution is 2.26. The van der Waals surface area contributed by atoms with Crippen LogP contribution in [0.3, 0.4) is 0 Å². The van der Waals surface area contributed by atoms with Crippen LogP contribution in [0.5, 0.6) is 0 Å². The minimum absolute atomic E-state index is 0.0498. The number of rotatable bonds is 4. The number of hydrogen-bond donors (Lipinski definition) is 1. The number of halogens is 2. The summed E-state index contributed by atoms with van der Waals surface area (Å²) in [6, 6.07) is 11.5. The lowest BCUT2D eigenvalue weighted by Crippen LogP contribution is -2.24. The number of benzene rings is 2. The number of carbonyl (C=O) groups is 1. The minimum atomic E-state index is -0.626. The van der Waals surface area contributed by atoms with Crippen molar-refractivity contribution in [3.63, 3.8) is 0 Å². The Morgan fingerprint density at radius 1 is 1.24 bits per heavy atom. The summed E-state index contributed by atoms with van der Waals surface area (Å²) in [6.07, 6.45) is 0. The van der Waals surface area contributed by atoms with Gasteiger partial charge >= 0.3 is 0 Å². The van der Waals surface area contributed by atoms with Crippen molar-refractivity contribution < 1.29 is 9.72 Å². The van der Waals surface area contributed by atoms with E-state index in [9.17, 15) is 14.9 Å². The van der Waals surface area contributed by atoms with Gasteiger partial charge in [0.25, 0.3) is 11.6 Å². The van der Waals surface area contributed by atoms with Gasteiger partial charge in [-0.1, -0.05) is 51.8 Å². The van der Waals surface area contributed by atoms with Crippen molar-refractivity contribution in [2.24, 2.45) is 0 Å². The fourth-order valence-corrected chi connectivity index (χ4v) is 2.48. The van der Waals surface area contributed by atoms with Gasteiger partial charge in [-0.15, -0.1) is 0 Å². The zero-order valence-electron chi connectivity index (χ0n) is 10.7. The zero-order chi connectivity index (χ0) is 15.4. The largest absolute Gasteiger partial charge is 0.348 e. The summed E-state index contributed by atoms with van der Waals surface area (Å²) in [4.78, 5) is 22.5. The summed E-state index contributed by atoms with van der Waals surface area (Å²) in [6.45, 7) is 0.239. The number of hydrogen-bond acceptors (Lipinski definition) is 3.